The number of para-hydroxylation sites is 1. The molecule has 0 N–H and O–H groups in total. The van der Waals surface area contributed by atoms with E-state index in [1.54, 1.807) is 13.2 Å². The van der Waals surface area contributed by atoms with Crippen molar-refractivity contribution in [3.8, 4) is 11.5 Å². The fraction of sp³-hybridized carbons (Fsp3) is 0.368. The van der Waals surface area contributed by atoms with Crippen molar-refractivity contribution in [3.05, 3.63) is 57.6 Å². The van der Waals surface area contributed by atoms with Crippen LogP contribution in [0.5, 0.6) is 11.5 Å². The zero-order chi connectivity index (χ0) is 17.5. The molecule has 0 spiro atoms. The largest absolute Gasteiger partial charge is 0.493 e. The highest BCUT2D eigenvalue weighted by Crippen LogP contribution is 2.33. The van der Waals surface area contributed by atoms with Crippen LogP contribution in [0.3, 0.4) is 0 Å². The first-order valence-electron chi connectivity index (χ1n) is 7.88. The number of rotatable bonds is 8. The molecule has 0 aliphatic heterocycles. The van der Waals surface area contributed by atoms with Gasteiger partial charge in [0.1, 0.15) is 6.61 Å². The molecule has 0 unspecified atom stereocenters. The minimum atomic E-state index is 0.372. The molecule has 0 saturated carbocycles. The molecule has 5 heteroatoms. The summed E-state index contributed by atoms with van der Waals surface area (Å²) >= 11 is 12.2. The van der Waals surface area contributed by atoms with Crippen molar-refractivity contribution in [2.75, 3.05) is 27.7 Å². The maximum atomic E-state index is 6.23. The monoisotopic (exact) mass is 367 g/mol. The van der Waals surface area contributed by atoms with E-state index in [2.05, 4.69) is 25.1 Å². The van der Waals surface area contributed by atoms with Gasteiger partial charge in [-0.2, -0.15) is 0 Å². The summed E-state index contributed by atoms with van der Waals surface area (Å²) in [4.78, 5) is 2.17. The maximum Gasteiger partial charge on any atom is 0.164 e. The predicted octanol–water partition coefficient (Wildman–Crippen LogP) is 5.08. The zero-order valence-corrected chi connectivity index (χ0v) is 15.8. The molecule has 0 aliphatic rings. The fourth-order valence-electron chi connectivity index (χ4n) is 2.46. The third kappa shape index (κ3) is 5.30. The van der Waals surface area contributed by atoms with Crippen LogP contribution < -0.4 is 9.47 Å². The summed E-state index contributed by atoms with van der Waals surface area (Å²) in [6.45, 7) is 1.40. The van der Waals surface area contributed by atoms with Crippen LogP contribution in [0.1, 0.15) is 17.5 Å². The first-order chi connectivity index (χ1) is 11.5. The molecular weight excluding hydrogens is 345 g/mol. The smallest absolute Gasteiger partial charge is 0.164 e. The summed E-state index contributed by atoms with van der Waals surface area (Å²) in [5.41, 5.74) is 2.03. The molecule has 130 valence electrons. The molecule has 0 bridgehead atoms. The third-order valence-corrected chi connectivity index (χ3v) is 4.31. The van der Waals surface area contributed by atoms with Crippen molar-refractivity contribution in [2.24, 2.45) is 0 Å². The molecule has 0 fully saturated rings. The van der Waals surface area contributed by atoms with Crippen LogP contribution in [0.4, 0.5) is 0 Å². The molecule has 24 heavy (non-hydrogen) atoms. The van der Waals surface area contributed by atoms with Crippen molar-refractivity contribution in [1.29, 1.82) is 0 Å². The topological polar surface area (TPSA) is 21.7 Å². The first-order valence-corrected chi connectivity index (χ1v) is 8.64. The van der Waals surface area contributed by atoms with E-state index < -0.39 is 0 Å². The standard InChI is InChI=1S/C19H23Cl2NO2/c1-22(2)11-5-7-14-6-4-8-18(23-3)19(14)24-13-15-9-10-16(20)12-17(15)21/h4,6,8-10,12H,5,7,11,13H2,1-3H3. The molecule has 0 aliphatic carbocycles. The van der Waals surface area contributed by atoms with Crippen LogP contribution in [0.25, 0.3) is 0 Å². The number of benzene rings is 2. The van der Waals surface area contributed by atoms with E-state index in [-0.39, 0.29) is 0 Å². The lowest BCUT2D eigenvalue weighted by atomic mass is 10.1. The van der Waals surface area contributed by atoms with E-state index in [0.29, 0.717) is 16.7 Å². The Morgan fingerprint density at radius 2 is 1.83 bits per heavy atom. The Balaban J connectivity index is 2.14. The molecule has 0 radical (unpaired) electrons. The van der Waals surface area contributed by atoms with Crippen LogP contribution in [0.15, 0.2) is 36.4 Å². The van der Waals surface area contributed by atoms with Gasteiger partial charge in [-0.1, -0.05) is 41.4 Å². The Morgan fingerprint density at radius 3 is 2.50 bits per heavy atom. The Kier molecular flexibility index (Phi) is 7.22. The SMILES string of the molecule is COc1cccc(CCCN(C)C)c1OCc1ccc(Cl)cc1Cl. The number of hydrogen-bond donors (Lipinski definition) is 0. The molecule has 0 saturated heterocycles. The van der Waals surface area contributed by atoms with Gasteiger partial charge in [-0.15, -0.1) is 0 Å². The van der Waals surface area contributed by atoms with Crippen LogP contribution >= 0.6 is 23.2 Å². The van der Waals surface area contributed by atoms with Gasteiger partial charge in [-0.3, -0.25) is 0 Å². The molecule has 2 aromatic rings. The normalized spacial score (nSPS) is 10.9. The van der Waals surface area contributed by atoms with Crippen molar-refractivity contribution in [2.45, 2.75) is 19.4 Å². The number of hydrogen-bond acceptors (Lipinski definition) is 3. The predicted molar refractivity (Wildman–Crippen MR) is 101 cm³/mol. The number of methoxy groups -OCH3 is 1. The van der Waals surface area contributed by atoms with Gasteiger partial charge >= 0.3 is 0 Å². The molecule has 3 nitrogen and oxygen atoms in total. The fourth-order valence-corrected chi connectivity index (χ4v) is 2.92. The second-order valence-electron chi connectivity index (χ2n) is 5.88. The Hall–Kier alpha value is -1.42. The van der Waals surface area contributed by atoms with Gasteiger partial charge in [0.05, 0.1) is 7.11 Å². The number of halogens is 2. The number of nitrogens with zero attached hydrogens (tertiary/aromatic N) is 1. The average molecular weight is 368 g/mol. The summed E-state index contributed by atoms with van der Waals surface area (Å²) in [6, 6.07) is 11.4. The van der Waals surface area contributed by atoms with E-state index in [9.17, 15) is 0 Å². The Labute approximate surface area is 154 Å². The van der Waals surface area contributed by atoms with E-state index in [0.717, 1.165) is 42.0 Å². The highest BCUT2D eigenvalue weighted by atomic mass is 35.5. The van der Waals surface area contributed by atoms with Crippen LogP contribution in [-0.4, -0.2) is 32.6 Å². The second-order valence-corrected chi connectivity index (χ2v) is 6.72. The summed E-state index contributed by atoms with van der Waals surface area (Å²) in [7, 11) is 5.80. The summed E-state index contributed by atoms with van der Waals surface area (Å²) in [6.07, 6.45) is 1.98. The van der Waals surface area contributed by atoms with Crippen molar-refractivity contribution in [1.82, 2.24) is 4.90 Å². The molecule has 0 heterocycles. The van der Waals surface area contributed by atoms with Gasteiger partial charge in [-0.05, 0) is 57.2 Å². The van der Waals surface area contributed by atoms with Crippen LogP contribution in [0, 0.1) is 0 Å². The lowest BCUT2D eigenvalue weighted by Crippen LogP contribution is -2.13. The van der Waals surface area contributed by atoms with Gasteiger partial charge in [0, 0.05) is 15.6 Å². The highest BCUT2D eigenvalue weighted by molar-refractivity contribution is 6.35. The number of ether oxygens (including phenoxy) is 2. The summed E-state index contributed by atoms with van der Waals surface area (Å²) < 4.78 is 11.5. The third-order valence-electron chi connectivity index (χ3n) is 3.72. The molecule has 0 amide bonds. The quantitative estimate of drug-likeness (QED) is 0.649. The van der Waals surface area contributed by atoms with Gasteiger partial charge in [0.15, 0.2) is 11.5 Å². The first kappa shape index (κ1) is 18.9. The van der Waals surface area contributed by atoms with Crippen molar-refractivity contribution >= 4 is 23.2 Å². The lowest BCUT2D eigenvalue weighted by molar-refractivity contribution is 0.280. The van der Waals surface area contributed by atoms with Gasteiger partial charge in [-0.25, -0.2) is 0 Å². The minimum Gasteiger partial charge on any atom is -0.493 e. The minimum absolute atomic E-state index is 0.372. The van der Waals surface area contributed by atoms with Gasteiger partial charge in [0.2, 0.25) is 0 Å². The van der Waals surface area contributed by atoms with Crippen molar-refractivity contribution < 1.29 is 9.47 Å². The summed E-state index contributed by atoms with van der Waals surface area (Å²) in [5, 5.41) is 1.22. The Bertz CT molecular complexity index is 674. The van der Waals surface area contributed by atoms with Crippen LogP contribution in [-0.2, 0) is 13.0 Å². The van der Waals surface area contributed by atoms with E-state index in [4.69, 9.17) is 32.7 Å². The lowest BCUT2D eigenvalue weighted by Gasteiger charge is -2.16. The zero-order valence-electron chi connectivity index (χ0n) is 14.3. The number of aryl methyl sites for hydroxylation is 1. The van der Waals surface area contributed by atoms with Crippen molar-refractivity contribution in [3.63, 3.8) is 0 Å². The van der Waals surface area contributed by atoms with E-state index >= 15 is 0 Å². The highest BCUT2D eigenvalue weighted by Gasteiger charge is 2.12. The molecule has 2 aromatic carbocycles. The Morgan fingerprint density at radius 1 is 1.04 bits per heavy atom. The maximum absolute atomic E-state index is 6.23. The molecule has 2 rings (SSSR count). The van der Waals surface area contributed by atoms with E-state index in [1.807, 2.05) is 24.3 Å². The molecule has 0 aromatic heterocycles. The molecule has 0 atom stereocenters. The average Bonchev–Trinajstić information content (AvgIpc) is 2.54. The van der Waals surface area contributed by atoms with Crippen LogP contribution in [0.2, 0.25) is 10.0 Å². The second kappa shape index (κ2) is 9.16. The van der Waals surface area contributed by atoms with E-state index in [1.165, 1.54) is 0 Å². The van der Waals surface area contributed by atoms with Gasteiger partial charge < -0.3 is 14.4 Å². The van der Waals surface area contributed by atoms with Gasteiger partial charge in [0.25, 0.3) is 0 Å². The summed E-state index contributed by atoms with van der Waals surface area (Å²) in [5.74, 6) is 1.52. The molecular formula is C19H23Cl2NO2.